The molecule has 0 saturated heterocycles. The van der Waals surface area contributed by atoms with Gasteiger partial charge in [-0.2, -0.15) is 0 Å². The van der Waals surface area contributed by atoms with Gasteiger partial charge < -0.3 is 10.1 Å². The fraction of sp³-hybridized carbons (Fsp3) is 0.286. The van der Waals surface area contributed by atoms with Crippen LogP contribution in [0, 0.1) is 6.92 Å². The van der Waals surface area contributed by atoms with E-state index < -0.39 is 0 Å². The third-order valence-electron chi connectivity index (χ3n) is 2.54. The first kappa shape index (κ1) is 13.7. The number of thiazole rings is 1. The number of nitrogens with zero attached hydrogens (tertiary/aromatic N) is 1. The van der Waals surface area contributed by atoms with Gasteiger partial charge in [-0.05, 0) is 19.1 Å². The van der Waals surface area contributed by atoms with Crippen LogP contribution >= 0.6 is 11.3 Å². The third-order valence-corrected chi connectivity index (χ3v) is 3.42. The number of ether oxygens (including phenoxy) is 1. The van der Waals surface area contributed by atoms with Crippen molar-refractivity contribution in [1.82, 2.24) is 4.98 Å². The van der Waals surface area contributed by atoms with Crippen LogP contribution in [0.5, 0.6) is 0 Å². The normalized spacial score (nSPS) is 10.4. The third kappa shape index (κ3) is 4.15. The Bertz CT molecular complexity index is 549. The Morgan fingerprint density at radius 3 is 2.79 bits per heavy atom. The lowest BCUT2D eigenvalue weighted by Gasteiger charge is -2.04. The molecule has 5 heteroatoms. The lowest BCUT2D eigenvalue weighted by atomic mass is 10.2. The van der Waals surface area contributed by atoms with Gasteiger partial charge in [0.05, 0.1) is 18.7 Å². The van der Waals surface area contributed by atoms with E-state index in [9.17, 15) is 4.79 Å². The molecule has 4 nitrogen and oxygen atoms in total. The molecule has 0 aliphatic heterocycles. The van der Waals surface area contributed by atoms with Gasteiger partial charge in [-0.15, -0.1) is 11.3 Å². The molecule has 0 saturated carbocycles. The molecule has 1 aromatic heterocycles. The summed E-state index contributed by atoms with van der Waals surface area (Å²) in [6, 6.07) is 7.72. The molecule has 2 rings (SSSR count). The summed E-state index contributed by atoms with van der Waals surface area (Å²) in [4.78, 5) is 16.2. The maximum atomic E-state index is 11.9. The van der Waals surface area contributed by atoms with Crippen LogP contribution in [0.25, 0.3) is 0 Å². The summed E-state index contributed by atoms with van der Waals surface area (Å²) in [6.07, 6.45) is 0.286. The van der Waals surface area contributed by atoms with Crippen molar-refractivity contribution in [2.45, 2.75) is 20.0 Å². The fourth-order valence-electron chi connectivity index (χ4n) is 1.63. The number of hydrogen-bond donors (Lipinski definition) is 1. The highest BCUT2D eigenvalue weighted by molar-refractivity contribution is 7.09. The van der Waals surface area contributed by atoms with E-state index in [1.165, 1.54) is 16.9 Å². The van der Waals surface area contributed by atoms with Gasteiger partial charge in [-0.1, -0.05) is 17.7 Å². The van der Waals surface area contributed by atoms with Gasteiger partial charge >= 0.3 is 0 Å². The summed E-state index contributed by atoms with van der Waals surface area (Å²) in [5.74, 6) is -0.0573. The second-order valence-corrected chi connectivity index (χ2v) is 5.20. The minimum absolute atomic E-state index is 0.0573. The smallest absolute Gasteiger partial charge is 0.230 e. The summed E-state index contributed by atoms with van der Waals surface area (Å²) in [5, 5.41) is 5.63. The number of methoxy groups -OCH3 is 1. The van der Waals surface area contributed by atoms with Gasteiger partial charge in [0.1, 0.15) is 5.01 Å². The molecule has 0 spiro atoms. The summed E-state index contributed by atoms with van der Waals surface area (Å²) >= 11 is 1.51. The first-order valence-corrected chi connectivity index (χ1v) is 6.84. The Hall–Kier alpha value is -1.72. The molecule has 0 bridgehead atoms. The average molecular weight is 276 g/mol. The van der Waals surface area contributed by atoms with Crippen LogP contribution in [0.2, 0.25) is 0 Å². The maximum Gasteiger partial charge on any atom is 0.230 e. The van der Waals surface area contributed by atoms with Crippen molar-refractivity contribution >= 4 is 22.9 Å². The molecule has 1 aromatic carbocycles. The molecule has 0 aliphatic carbocycles. The van der Waals surface area contributed by atoms with Crippen molar-refractivity contribution in [2.24, 2.45) is 0 Å². The van der Waals surface area contributed by atoms with Crippen molar-refractivity contribution in [3.63, 3.8) is 0 Å². The van der Waals surface area contributed by atoms with Gasteiger partial charge in [-0.3, -0.25) is 4.79 Å². The summed E-state index contributed by atoms with van der Waals surface area (Å²) < 4.78 is 5.00. The second kappa shape index (κ2) is 6.45. The molecule has 1 heterocycles. The molecule has 0 aliphatic rings. The number of nitrogens with one attached hydrogen (secondary N) is 1. The maximum absolute atomic E-state index is 11.9. The molecule has 1 amide bonds. The summed E-state index contributed by atoms with van der Waals surface area (Å²) in [6.45, 7) is 2.50. The molecule has 0 radical (unpaired) electrons. The van der Waals surface area contributed by atoms with Crippen LogP contribution in [-0.4, -0.2) is 18.0 Å². The molecular formula is C14H16N2O2S. The van der Waals surface area contributed by atoms with E-state index in [1.54, 1.807) is 7.11 Å². The van der Waals surface area contributed by atoms with Crippen molar-refractivity contribution in [3.8, 4) is 0 Å². The Kier molecular flexibility index (Phi) is 4.65. The largest absolute Gasteiger partial charge is 0.378 e. The molecule has 100 valence electrons. The SMILES string of the molecule is COCc1nc(CC(=O)Nc2ccc(C)cc2)cs1. The number of aromatic nitrogens is 1. The van der Waals surface area contributed by atoms with Gasteiger partial charge in [0.25, 0.3) is 0 Å². The van der Waals surface area contributed by atoms with Crippen LogP contribution < -0.4 is 5.32 Å². The Morgan fingerprint density at radius 1 is 1.37 bits per heavy atom. The number of benzene rings is 1. The van der Waals surface area contributed by atoms with Crippen molar-refractivity contribution < 1.29 is 9.53 Å². The predicted octanol–water partition coefficient (Wildman–Crippen LogP) is 2.78. The van der Waals surface area contributed by atoms with E-state index in [-0.39, 0.29) is 12.3 Å². The monoisotopic (exact) mass is 276 g/mol. The highest BCUT2D eigenvalue weighted by atomic mass is 32.1. The van der Waals surface area contributed by atoms with Crippen LogP contribution in [-0.2, 0) is 22.6 Å². The van der Waals surface area contributed by atoms with Gasteiger partial charge in [0, 0.05) is 18.2 Å². The van der Waals surface area contributed by atoms with Crippen molar-refractivity contribution in [2.75, 3.05) is 12.4 Å². The Balaban J connectivity index is 1.91. The number of amides is 1. The first-order chi connectivity index (χ1) is 9.17. The number of anilines is 1. The molecule has 19 heavy (non-hydrogen) atoms. The van der Waals surface area contributed by atoms with E-state index in [4.69, 9.17) is 4.74 Å². The van der Waals surface area contributed by atoms with Crippen LogP contribution in [0.1, 0.15) is 16.3 Å². The van der Waals surface area contributed by atoms with Crippen LogP contribution in [0.3, 0.4) is 0 Å². The first-order valence-electron chi connectivity index (χ1n) is 5.96. The van der Waals surface area contributed by atoms with E-state index in [0.29, 0.717) is 6.61 Å². The second-order valence-electron chi connectivity index (χ2n) is 4.26. The molecule has 2 aromatic rings. The number of hydrogen-bond acceptors (Lipinski definition) is 4. The lowest BCUT2D eigenvalue weighted by molar-refractivity contribution is -0.115. The molecule has 0 unspecified atom stereocenters. The highest BCUT2D eigenvalue weighted by Gasteiger charge is 2.08. The number of rotatable bonds is 5. The number of carbonyl (C=O) groups is 1. The van der Waals surface area contributed by atoms with E-state index in [1.807, 2.05) is 36.6 Å². The zero-order chi connectivity index (χ0) is 13.7. The zero-order valence-electron chi connectivity index (χ0n) is 11.0. The van der Waals surface area contributed by atoms with E-state index in [0.717, 1.165) is 16.4 Å². The number of carbonyl (C=O) groups excluding carboxylic acids is 1. The van der Waals surface area contributed by atoms with Crippen molar-refractivity contribution in [3.05, 3.63) is 45.9 Å². The highest BCUT2D eigenvalue weighted by Crippen LogP contribution is 2.13. The van der Waals surface area contributed by atoms with E-state index >= 15 is 0 Å². The quantitative estimate of drug-likeness (QED) is 0.913. The zero-order valence-corrected chi connectivity index (χ0v) is 11.8. The van der Waals surface area contributed by atoms with Gasteiger partial charge in [0.15, 0.2) is 0 Å². The topological polar surface area (TPSA) is 51.2 Å². The number of aryl methyl sites for hydroxylation is 1. The molecular weight excluding hydrogens is 260 g/mol. The van der Waals surface area contributed by atoms with Gasteiger partial charge in [0.2, 0.25) is 5.91 Å². The fourth-order valence-corrected chi connectivity index (χ4v) is 2.39. The standard InChI is InChI=1S/C14H16N2O2S/c1-10-3-5-11(6-4-10)15-13(17)7-12-9-19-14(16-12)8-18-2/h3-6,9H,7-8H2,1-2H3,(H,15,17). The molecule has 0 fully saturated rings. The van der Waals surface area contributed by atoms with E-state index in [2.05, 4.69) is 10.3 Å². The summed E-state index contributed by atoms with van der Waals surface area (Å²) in [5.41, 5.74) is 2.76. The minimum atomic E-state index is -0.0573. The van der Waals surface area contributed by atoms with Crippen molar-refractivity contribution in [1.29, 1.82) is 0 Å². The molecule has 1 N–H and O–H groups in total. The lowest BCUT2D eigenvalue weighted by Crippen LogP contribution is -2.14. The van der Waals surface area contributed by atoms with Gasteiger partial charge in [-0.25, -0.2) is 4.98 Å². The predicted molar refractivity (Wildman–Crippen MR) is 76.3 cm³/mol. The minimum Gasteiger partial charge on any atom is -0.378 e. The van der Waals surface area contributed by atoms with Crippen LogP contribution in [0.4, 0.5) is 5.69 Å². The Morgan fingerprint density at radius 2 is 2.11 bits per heavy atom. The Labute approximate surface area is 116 Å². The average Bonchev–Trinajstić information content (AvgIpc) is 2.80. The van der Waals surface area contributed by atoms with Crippen LogP contribution in [0.15, 0.2) is 29.6 Å². The summed E-state index contributed by atoms with van der Waals surface area (Å²) in [7, 11) is 1.63. The molecule has 0 atom stereocenters.